The van der Waals surface area contributed by atoms with Crippen LogP contribution in [0.3, 0.4) is 0 Å². The van der Waals surface area contributed by atoms with Gasteiger partial charge in [0.15, 0.2) is 5.75 Å². The fraction of sp³-hybridized carbons (Fsp3) is 0.0476. The average Bonchev–Trinajstić information content (AvgIpc) is 2.99. The van der Waals surface area contributed by atoms with Crippen molar-refractivity contribution >= 4 is 23.2 Å². The van der Waals surface area contributed by atoms with Gasteiger partial charge in [0.1, 0.15) is 11.5 Å². The third-order valence-corrected chi connectivity index (χ3v) is 4.48. The number of imide groups is 1. The number of methoxy groups -OCH3 is 1. The number of anilines is 1. The highest BCUT2D eigenvalue weighted by Gasteiger charge is 2.38. The smallest absolute Gasteiger partial charge is 0.273 e. The number of benzene rings is 3. The van der Waals surface area contributed by atoms with Crippen molar-refractivity contribution in [2.24, 2.45) is 0 Å². The number of fused-ring (bicyclic) bond motifs is 1. The second-order valence-corrected chi connectivity index (χ2v) is 6.18. The first-order chi connectivity index (χ1) is 14.0. The summed E-state index contributed by atoms with van der Waals surface area (Å²) in [6.45, 7) is 0. The number of amides is 2. The van der Waals surface area contributed by atoms with E-state index in [-0.39, 0.29) is 28.3 Å². The molecule has 0 unspecified atom stereocenters. The molecule has 2 amide bonds. The molecule has 1 aliphatic rings. The highest BCUT2D eigenvalue weighted by Crippen LogP contribution is 2.39. The van der Waals surface area contributed by atoms with Crippen LogP contribution in [-0.2, 0) is 0 Å². The lowest BCUT2D eigenvalue weighted by Crippen LogP contribution is -2.29. The topological polar surface area (TPSA) is 99.0 Å². The molecule has 3 aromatic carbocycles. The summed E-state index contributed by atoms with van der Waals surface area (Å²) < 4.78 is 10.9. The Morgan fingerprint density at radius 1 is 0.862 bits per heavy atom. The number of hydrogen-bond acceptors (Lipinski definition) is 6. The van der Waals surface area contributed by atoms with Crippen molar-refractivity contribution in [3.05, 3.63) is 88.0 Å². The number of carbonyl (C=O) groups excluding carboxylic acids is 2. The molecule has 0 N–H and O–H groups in total. The summed E-state index contributed by atoms with van der Waals surface area (Å²) in [6, 6.07) is 16.7. The van der Waals surface area contributed by atoms with Crippen molar-refractivity contribution in [1.82, 2.24) is 0 Å². The largest absolute Gasteiger partial charge is 0.497 e. The molecule has 0 spiro atoms. The van der Waals surface area contributed by atoms with Gasteiger partial charge in [-0.25, -0.2) is 4.90 Å². The summed E-state index contributed by atoms with van der Waals surface area (Å²) >= 11 is 0. The average molecular weight is 390 g/mol. The van der Waals surface area contributed by atoms with E-state index < -0.39 is 16.7 Å². The summed E-state index contributed by atoms with van der Waals surface area (Å²) in [5.74, 6) is -0.0435. The van der Waals surface area contributed by atoms with Gasteiger partial charge in [-0.1, -0.05) is 12.1 Å². The molecule has 8 nitrogen and oxygen atoms in total. The standard InChI is InChI=1S/C21H14N2O6/c1-28-14-7-9-15(10-8-14)29-19-12-13(23(26)27)6-11-18(19)22-20(24)16-4-2-3-5-17(16)21(22)25/h2-12H,1H3. The molecule has 0 saturated heterocycles. The van der Waals surface area contributed by atoms with Crippen LogP contribution in [0.4, 0.5) is 11.4 Å². The number of nitro benzene ring substituents is 1. The van der Waals surface area contributed by atoms with Crippen molar-refractivity contribution < 1.29 is 24.0 Å². The van der Waals surface area contributed by atoms with Gasteiger partial charge in [-0.3, -0.25) is 19.7 Å². The lowest BCUT2D eigenvalue weighted by Gasteiger charge is -2.18. The van der Waals surface area contributed by atoms with Gasteiger partial charge in [0.05, 0.1) is 34.9 Å². The molecule has 0 bridgehead atoms. The van der Waals surface area contributed by atoms with Crippen LogP contribution in [0.1, 0.15) is 20.7 Å². The molecule has 0 radical (unpaired) electrons. The number of hydrogen-bond donors (Lipinski definition) is 0. The van der Waals surface area contributed by atoms with Gasteiger partial charge in [-0.05, 0) is 42.5 Å². The maximum absolute atomic E-state index is 12.8. The lowest BCUT2D eigenvalue weighted by atomic mass is 10.1. The third kappa shape index (κ3) is 3.16. The molecule has 1 heterocycles. The van der Waals surface area contributed by atoms with Crippen LogP contribution < -0.4 is 14.4 Å². The van der Waals surface area contributed by atoms with Crippen molar-refractivity contribution in [2.75, 3.05) is 12.0 Å². The van der Waals surface area contributed by atoms with Crippen molar-refractivity contribution in [2.45, 2.75) is 0 Å². The minimum Gasteiger partial charge on any atom is -0.497 e. The minimum absolute atomic E-state index is 0.0128. The highest BCUT2D eigenvalue weighted by atomic mass is 16.6. The van der Waals surface area contributed by atoms with Crippen LogP contribution in [0.5, 0.6) is 17.2 Å². The van der Waals surface area contributed by atoms with E-state index in [1.165, 1.54) is 25.3 Å². The van der Waals surface area contributed by atoms with Crippen molar-refractivity contribution in [3.63, 3.8) is 0 Å². The Morgan fingerprint density at radius 2 is 1.45 bits per heavy atom. The lowest BCUT2D eigenvalue weighted by molar-refractivity contribution is -0.384. The van der Waals surface area contributed by atoms with Crippen LogP contribution in [0.25, 0.3) is 0 Å². The van der Waals surface area contributed by atoms with Gasteiger partial charge in [0.2, 0.25) is 0 Å². The fourth-order valence-corrected chi connectivity index (χ4v) is 3.06. The highest BCUT2D eigenvalue weighted by molar-refractivity contribution is 6.34. The Balaban J connectivity index is 1.78. The summed E-state index contributed by atoms with van der Waals surface area (Å²) in [7, 11) is 1.52. The number of ether oxygens (including phenoxy) is 2. The normalized spacial score (nSPS) is 12.7. The zero-order chi connectivity index (χ0) is 20.5. The Hall–Kier alpha value is -4.20. The zero-order valence-corrected chi connectivity index (χ0v) is 15.2. The van der Waals surface area contributed by atoms with E-state index in [2.05, 4.69) is 0 Å². The molecule has 0 saturated carbocycles. The van der Waals surface area contributed by atoms with Gasteiger partial charge in [-0.2, -0.15) is 0 Å². The molecule has 0 aromatic heterocycles. The Morgan fingerprint density at radius 3 is 2.00 bits per heavy atom. The fourth-order valence-electron chi connectivity index (χ4n) is 3.06. The summed E-state index contributed by atoms with van der Waals surface area (Å²) in [6.07, 6.45) is 0. The van der Waals surface area contributed by atoms with Crippen LogP contribution in [0, 0.1) is 10.1 Å². The third-order valence-electron chi connectivity index (χ3n) is 4.48. The second-order valence-electron chi connectivity index (χ2n) is 6.18. The van der Waals surface area contributed by atoms with Gasteiger partial charge in [0, 0.05) is 6.07 Å². The molecule has 144 valence electrons. The number of nitro groups is 1. The predicted molar refractivity (Wildman–Crippen MR) is 104 cm³/mol. The summed E-state index contributed by atoms with van der Waals surface area (Å²) in [5, 5.41) is 11.2. The quantitative estimate of drug-likeness (QED) is 0.368. The molecule has 8 heteroatoms. The first kappa shape index (κ1) is 18.2. The van der Waals surface area contributed by atoms with E-state index in [1.807, 2.05) is 0 Å². The predicted octanol–water partition coefficient (Wildman–Crippen LogP) is 4.20. The summed E-state index contributed by atoms with van der Waals surface area (Å²) in [5.41, 5.74) is 0.434. The number of nitrogens with zero attached hydrogens (tertiary/aromatic N) is 2. The maximum atomic E-state index is 12.8. The first-order valence-corrected chi connectivity index (χ1v) is 8.58. The van der Waals surface area contributed by atoms with Crippen LogP contribution in [0.15, 0.2) is 66.7 Å². The number of carbonyl (C=O) groups is 2. The Kier molecular flexibility index (Phi) is 4.44. The molecule has 29 heavy (non-hydrogen) atoms. The van der Waals surface area contributed by atoms with Gasteiger partial charge in [-0.15, -0.1) is 0 Å². The molecule has 0 atom stereocenters. The van der Waals surface area contributed by atoms with E-state index in [1.54, 1.807) is 48.5 Å². The first-order valence-electron chi connectivity index (χ1n) is 8.58. The van der Waals surface area contributed by atoms with Crippen LogP contribution >= 0.6 is 0 Å². The molecule has 1 aliphatic heterocycles. The monoisotopic (exact) mass is 390 g/mol. The van der Waals surface area contributed by atoms with Gasteiger partial charge >= 0.3 is 0 Å². The molecule has 4 rings (SSSR count). The number of rotatable bonds is 5. The minimum atomic E-state index is -0.576. The molecular formula is C21H14N2O6. The number of non-ortho nitro benzene ring substituents is 1. The van der Waals surface area contributed by atoms with E-state index >= 15 is 0 Å². The molecule has 3 aromatic rings. The van der Waals surface area contributed by atoms with Gasteiger partial charge < -0.3 is 9.47 Å². The molecular weight excluding hydrogens is 376 g/mol. The van der Waals surface area contributed by atoms with Crippen LogP contribution in [-0.4, -0.2) is 23.8 Å². The SMILES string of the molecule is COc1ccc(Oc2cc([N+](=O)[O-])ccc2N2C(=O)c3ccccc3C2=O)cc1. The Bertz CT molecular complexity index is 1110. The van der Waals surface area contributed by atoms with Crippen molar-refractivity contribution in [1.29, 1.82) is 0 Å². The maximum Gasteiger partial charge on any atom is 0.273 e. The van der Waals surface area contributed by atoms with Crippen LogP contribution in [0.2, 0.25) is 0 Å². The summed E-state index contributed by atoms with van der Waals surface area (Å²) in [4.78, 5) is 37.2. The zero-order valence-electron chi connectivity index (χ0n) is 15.2. The van der Waals surface area contributed by atoms with E-state index in [9.17, 15) is 19.7 Å². The van der Waals surface area contributed by atoms with Crippen molar-refractivity contribution in [3.8, 4) is 17.2 Å². The second kappa shape index (κ2) is 7.08. The van der Waals surface area contributed by atoms with E-state index in [0.29, 0.717) is 11.5 Å². The van der Waals surface area contributed by atoms with E-state index in [4.69, 9.17) is 9.47 Å². The van der Waals surface area contributed by atoms with Gasteiger partial charge in [0.25, 0.3) is 17.5 Å². The van der Waals surface area contributed by atoms with E-state index in [0.717, 1.165) is 4.90 Å². The molecule has 0 fully saturated rings. The molecule has 0 aliphatic carbocycles. The Labute approximate surface area is 165 Å².